The van der Waals surface area contributed by atoms with E-state index in [4.69, 9.17) is 16.3 Å². The fourth-order valence-corrected chi connectivity index (χ4v) is 3.83. The van der Waals surface area contributed by atoms with Crippen molar-refractivity contribution in [2.24, 2.45) is 0 Å². The number of aryl methyl sites for hydroxylation is 1. The zero-order valence-corrected chi connectivity index (χ0v) is 15.4. The average molecular weight is 378 g/mol. The molecular formula is C17H16ClN3OS2. The summed E-state index contributed by atoms with van der Waals surface area (Å²) in [4.78, 5) is 0. The zero-order chi connectivity index (χ0) is 16.8. The van der Waals surface area contributed by atoms with Gasteiger partial charge in [0.25, 0.3) is 0 Å². The van der Waals surface area contributed by atoms with Gasteiger partial charge in [-0.1, -0.05) is 65.0 Å². The van der Waals surface area contributed by atoms with Gasteiger partial charge in [-0.2, -0.15) is 0 Å². The predicted molar refractivity (Wildman–Crippen MR) is 102 cm³/mol. The molecule has 0 amide bonds. The highest BCUT2D eigenvalue weighted by molar-refractivity contribution is 8.01. The van der Waals surface area contributed by atoms with E-state index in [0.717, 1.165) is 20.9 Å². The lowest BCUT2D eigenvalue weighted by Gasteiger charge is -2.06. The van der Waals surface area contributed by atoms with Gasteiger partial charge in [-0.3, -0.25) is 0 Å². The van der Waals surface area contributed by atoms with Crippen molar-refractivity contribution in [3.63, 3.8) is 0 Å². The molecule has 4 nitrogen and oxygen atoms in total. The van der Waals surface area contributed by atoms with E-state index in [9.17, 15) is 0 Å². The SMILES string of the molecule is Cc1ccccc1Nc1nnc(SCCOc2ccccc2Cl)s1. The molecule has 0 spiro atoms. The molecule has 0 atom stereocenters. The van der Waals surface area contributed by atoms with Crippen LogP contribution in [-0.4, -0.2) is 22.6 Å². The Morgan fingerprint density at radius 3 is 2.75 bits per heavy atom. The third-order valence-corrected chi connectivity index (χ3v) is 5.44. The minimum Gasteiger partial charge on any atom is -0.491 e. The summed E-state index contributed by atoms with van der Waals surface area (Å²) in [6.45, 7) is 2.62. The molecule has 0 bridgehead atoms. The van der Waals surface area contributed by atoms with Gasteiger partial charge in [-0.25, -0.2) is 0 Å². The molecule has 0 radical (unpaired) electrons. The van der Waals surface area contributed by atoms with Gasteiger partial charge in [-0.05, 0) is 30.7 Å². The van der Waals surface area contributed by atoms with E-state index in [-0.39, 0.29) is 0 Å². The molecule has 0 aliphatic carbocycles. The van der Waals surface area contributed by atoms with Crippen LogP contribution in [0.5, 0.6) is 5.75 Å². The van der Waals surface area contributed by atoms with Crippen LogP contribution < -0.4 is 10.1 Å². The van der Waals surface area contributed by atoms with Gasteiger partial charge >= 0.3 is 0 Å². The molecule has 0 fully saturated rings. The lowest BCUT2D eigenvalue weighted by atomic mass is 10.2. The fourth-order valence-electron chi connectivity index (χ4n) is 1.99. The molecular weight excluding hydrogens is 362 g/mol. The fraction of sp³-hybridized carbons (Fsp3) is 0.176. The Morgan fingerprint density at radius 1 is 1.12 bits per heavy atom. The average Bonchev–Trinajstić information content (AvgIpc) is 3.03. The van der Waals surface area contributed by atoms with Crippen molar-refractivity contribution in [2.75, 3.05) is 17.7 Å². The second-order valence-corrected chi connectivity index (χ2v) is 7.67. The van der Waals surface area contributed by atoms with Crippen molar-refractivity contribution in [1.29, 1.82) is 0 Å². The molecule has 3 aromatic rings. The predicted octanol–water partition coefficient (Wildman–Crippen LogP) is 5.41. The van der Waals surface area contributed by atoms with Crippen LogP contribution >= 0.6 is 34.7 Å². The van der Waals surface area contributed by atoms with Gasteiger partial charge in [0.15, 0.2) is 4.34 Å². The van der Waals surface area contributed by atoms with E-state index in [2.05, 4.69) is 28.5 Å². The van der Waals surface area contributed by atoms with Crippen molar-refractivity contribution < 1.29 is 4.74 Å². The summed E-state index contributed by atoms with van der Waals surface area (Å²) in [5, 5.41) is 13.1. The molecule has 24 heavy (non-hydrogen) atoms. The summed E-state index contributed by atoms with van der Waals surface area (Å²) < 4.78 is 6.58. The zero-order valence-electron chi connectivity index (χ0n) is 13.0. The molecule has 1 N–H and O–H groups in total. The smallest absolute Gasteiger partial charge is 0.210 e. The summed E-state index contributed by atoms with van der Waals surface area (Å²) in [5.74, 6) is 1.49. The monoisotopic (exact) mass is 377 g/mol. The highest BCUT2D eigenvalue weighted by atomic mass is 35.5. The van der Waals surface area contributed by atoms with Gasteiger partial charge in [0.2, 0.25) is 5.13 Å². The van der Waals surface area contributed by atoms with Crippen LogP contribution in [0.2, 0.25) is 5.02 Å². The minimum absolute atomic E-state index is 0.564. The maximum absolute atomic E-state index is 6.05. The third-order valence-electron chi connectivity index (χ3n) is 3.20. The van der Waals surface area contributed by atoms with E-state index in [1.54, 1.807) is 11.8 Å². The molecule has 1 aromatic heterocycles. The standard InChI is InChI=1S/C17H16ClN3OS2/c1-12-6-2-4-8-14(12)19-16-20-21-17(24-16)23-11-10-22-15-9-5-3-7-13(15)18/h2-9H,10-11H2,1H3,(H,19,20). The molecule has 1 heterocycles. The van der Waals surface area contributed by atoms with Crippen molar-refractivity contribution in [2.45, 2.75) is 11.3 Å². The van der Waals surface area contributed by atoms with Crippen LogP contribution in [0, 0.1) is 6.92 Å². The second-order valence-electron chi connectivity index (χ2n) is 4.94. The number of benzene rings is 2. The molecule has 2 aromatic carbocycles. The van der Waals surface area contributed by atoms with Gasteiger partial charge in [0.05, 0.1) is 11.6 Å². The second kappa shape index (κ2) is 8.37. The molecule has 0 unspecified atom stereocenters. The number of para-hydroxylation sites is 2. The summed E-state index contributed by atoms with van der Waals surface area (Å²) in [6, 6.07) is 15.6. The third kappa shape index (κ3) is 4.63. The van der Waals surface area contributed by atoms with Crippen LogP contribution in [0.4, 0.5) is 10.8 Å². The summed E-state index contributed by atoms with van der Waals surface area (Å²) in [5.41, 5.74) is 2.22. The Kier molecular flexibility index (Phi) is 5.96. The van der Waals surface area contributed by atoms with Gasteiger partial charge in [0.1, 0.15) is 5.75 Å². The van der Waals surface area contributed by atoms with Crippen molar-refractivity contribution in [1.82, 2.24) is 10.2 Å². The largest absolute Gasteiger partial charge is 0.491 e. The van der Waals surface area contributed by atoms with E-state index in [1.165, 1.54) is 16.9 Å². The van der Waals surface area contributed by atoms with Crippen LogP contribution in [0.15, 0.2) is 52.9 Å². The Balaban J connectivity index is 1.48. The number of ether oxygens (including phenoxy) is 1. The van der Waals surface area contributed by atoms with Crippen LogP contribution in [-0.2, 0) is 0 Å². The van der Waals surface area contributed by atoms with Gasteiger partial charge in [0, 0.05) is 11.4 Å². The molecule has 3 rings (SSSR count). The Labute approximate surface area is 154 Å². The molecule has 124 valence electrons. The summed E-state index contributed by atoms with van der Waals surface area (Å²) in [6.07, 6.45) is 0. The Morgan fingerprint density at radius 2 is 1.92 bits per heavy atom. The number of nitrogens with zero attached hydrogens (tertiary/aromatic N) is 2. The van der Waals surface area contributed by atoms with E-state index >= 15 is 0 Å². The van der Waals surface area contributed by atoms with Gasteiger partial charge in [-0.15, -0.1) is 10.2 Å². The molecule has 0 saturated heterocycles. The maximum atomic E-state index is 6.05. The number of anilines is 2. The Bertz CT molecular complexity index is 810. The molecule has 0 aliphatic heterocycles. The quantitative estimate of drug-likeness (QED) is 0.440. The van der Waals surface area contributed by atoms with Crippen LogP contribution in [0.25, 0.3) is 0 Å². The number of hydrogen-bond acceptors (Lipinski definition) is 6. The Hall–Kier alpha value is -1.76. The summed E-state index contributed by atoms with van der Waals surface area (Å²) in [7, 11) is 0. The van der Waals surface area contributed by atoms with Crippen molar-refractivity contribution in [3.8, 4) is 5.75 Å². The van der Waals surface area contributed by atoms with E-state index < -0.39 is 0 Å². The number of thioether (sulfide) groups is 1. The number of nitrogens with one attached hydrogen (secondary N) is 1. The number of hydrogen-bond donors (Lipinski definition) is 1. The molecule has 0 saturated carbocycles. The van der Waals surface area contributed by atoms with Crippen molar-refractivity contribution in [3.05, 3.63) is 59.1 Å². The first kappa shape index (κ1) is 17.1. The topological polar surface area (TPSA) is 47.0 Å². The first-order valence-electron chi connectivity index (χ1n) is 7.38. The van der Waals surface area contributed by atoms with Crippen molar-refractivity contribution >= 4 is 45.5 Å². The minimum atomic E-state index is 0.564. The van der Waals surface area contributed by atoms with Crippen LogP contribution in [0.3, 0.4) is 0 Å². The first-order chi connectivity index (χ1) is 11.7. The van der Waals surface area contributed by atoms with Crippen LogP contribution in [0.1, 0.15) is 5.56 Å². The van der Waals surface area contributed by atoms with E-state index in [1.807, 2.05) is 42.5 Å². The normalized spacial score (nSPS) is 10.6. The first-order valence-corrected chi connectivity index (χ1v) is 9.56. The molecule has 0 aliphatic rings. The molecule has 7 heteroatoms. The number of aromatic nitrogens is 2. The van der Waals surface area contributed by atoms with E-state index in [0.29, 0.717) is 17.4 Å². The lowest BCUT2D eigenvalue weighted by Crippen LogP contribution is -2.00. The highest BCUT2D eigenvalue weighted by Gasteiger charge is 2.07. The lowest BCUT2D eigenvalue weighted by molar-refractivity contribution is 0.344. The van der Waals surface area contributed by atoms with Gasteiger partial charge < -0.3 is 10.1 Å². The number of halogens is 1. The highest BCUT2D eigenvalue weighted by Crippen LogP contribution is 2.29. The maximum Gasteiger partial charge on any atom is 0.210 e. The number of rotatable bonds is 7. The summed E-state index contributed by atoms with van der Waals surface area (Å²) >= 11 is 9.20.